The van der Waals surface area contributed by atoms with Crippen LogP contribution >= 0.6 is 0 Å². The van der Waals surface area contributed by atoms with E-state index in [2.05, 4.69) is 10.3 Å². The molecule has 6 heteroatoms. The summed E-state index contributed by atoms with van der Waals surface area (Å²) in [6.07, 6.45) is 3.91. The molecule has 2 unspecified atom stereocenters. The number of pyridine rings is 1. The number of halogens is 1. The molecule has 1 saturated heterocycles. The third kappa shape index (κ3) is 3.68. The van der Waals surface area contributed by atoms with Crippen LogP contribution < -0.4 is 5.32 Å². The molecule has 3 rings (SSSR count). The smallest absolute Gasteiger partial charge is 0.226 e. The summed E-state index contributed by atoms with van der Waals surface area (Å²) in [6, 6.07) is 9.84. The van der Waals surface area contributed by atoms with Crippen molar-refractivity contribution in [1.82, 2.24) is 15.2 Å². The van der Waals surface area contributed by atoms with E-state index in [1.165, 1.54) is 6.07 Å². The van der Waals surface area contributed by atoms with Crippen molar-refractivity contribution >= 4 is 11.8 Å². The van der Waals surface area contributed by atoms with Gasteiger partial charge in [0.15, 0.2) is 0 Å². The molecule has 0 aliphatic carbocycles. The van der Waals surface area contributed by atoms with Crippen LogP contribution in [0.15, 0.2) is 48.8 Å². The van der Waals surface area contributed by atoms with E-state index < -0.39 is 5.92 Å². The summed E-state index contributed by atoms with van der Waals surface area (Å²) in [4.78, 5) is 30.4. The zero-order valence-electron chi connectivity index (χ0n) is 14.0. The van der Waals surface area contributed by atoms with E-state index in [4.69, 9.17) is 0 Å². The SMILES string of the molecule is CN1C(=O)CC(C(=O)NCCc2ccccc2F)C1c1cccnc1. The number of carbonyl (C=O) groups is 2. The Labute approximate surface area is 145 Å². The Morgan fingerprint density at radius 3 is 2.84 bits per heavy atom. The molecule has 1 fully saturated rings. The average Bonchev–Trinajstić information content (AvgIpc) is 2.92. The highest BCUT2D eigenvalue weighted by atomic mass is 19.1. The number of nitrogens with one attached hydrogen (secondary N) is 1. The van der Waals surface area contributed by atoms with Gasteiger partial charge in [-0.25, -0.2) is 4.39 Å². The van der Waals surface area contributed by atoms with Crippen LogP contribution in [0.4, 0.5) is 4.39 Å². The van der Waals surface area contributed by atoms with Gasteiger partial charge in [0.05, 0.1) is 12.0 Å². The minimum absolute atomic E-state index is 0.0666. The van der Waals surface area contributed by atoms with E-state index >= 15 is 0 Å². The molecule has 5 nitrogen and oxygen atoms in total. The second kappa shape index (κ2) is 7.42. The number of hydrogen-bond acceptors (Lipinski definition) is 3. The van der Waals surface area contributed by atoms with Crippen LogP contribution in [-0.2, 0) is 16.0 Å². The second-order valence-corrected chi connectivity index (χ2v) is 6.18. The average molecular weight is 341 g/mol. The van der Waals surface area contributed by atoms with Crippen molar-refractivity contribution in [3.63, 3.8) is 0 Å². The largest absolute Gasteiger partial charge is 0.355 e. The molecule has 2 heterocycles. The third-order valence-electron chi connectivity index (χ3n) is 4.60. The molecule has 1 aliphatic rings. The van der Waals surface area contributed by atoms with Gasteiger partial charge >= 0.3 is 0 Å². The third-order valence-corrected chi connectivity index (χ3v) is 4.60. The Morgan fingerprint density at radius 1 is 1.32 bits per heavy atom. The molecule has 1 N–H and O–H groups in total. The highest BCUT2D eigenvalue weighted by Gasteiger charge is 2.42. The summed E-state index contributed by atoms with van der Waals surface area (Å²) in [5.74, 6) is -1.01. The van der Waals surface area contributed by atoms with Crippen LogP contribution in [0.3, 0.4) is 0 Å². The molecular weight excluding hydrogens is 321 g/mol. The van der Waals surface area contributed by atoms with Gasteiger partial charge < -0.3 is 10.2 Å². The number of benzene rings is 1. The molecule has 2 atom stereocenters. The molecule has 1 aliphatic heterocycles. The van der Waals surface area contributed by atoms with Crippen LogP contribution in [0, 0.1) is 11.7 Å². The lowest BCUT2D eigenvalue weighted by Crippen LogP contribution is -2.35. The standard InChI is InChI=1S/C19H20FN3O2/c1-23-17(24)11-15(18(23)14-6-4-9-21-12-14)19(25)22-10-8-13-5-2-3-7-16(13)20/h2-7,9,12,15,18H,8,10-11H2,1H3,(H,22,25). The van der Waals surface area contributed by atoms with Crippen LogP contribution in [-0.4, -0.2) is 35.3 Å². The van der Waals surface area contributed by atoms with Crippen molar-refractivity contribution in [2.75, 3.05) is 13.6 Å². The van der Waals surface area contributed by atoms with Crippen LogP contribution in [0.5, 0.6) is 0 Å². The van der Waals surface area contributed by atoms with E-state index in [0.717, 1.165) is 5.56 Å². The zero-order valence-corrected chi connectivity index (χ0v) is 14.0. The number of nitrogens with zero attached hydrogens (tertiary/aromatic N) is 2. The van der Waals surface area contributed by atoms with Gasteiger partial charge in [-0.3, -0.25) is 14.6 Å². The summed E-state index contributed by atoms with van der Waals surface area (Å²) in [7, 11) is 1.70. The van der Waals surface area contributed by atoms with Crippen molar-refractivity contribution in [2.24, 2.45) is 5.92 Å². The van der Waals surface area contributed by atoms with E-state index in [-0.39, 0.29) is 30.1 Å². The fourth-order valence-electron chi connectivity index (χ4n) is 3.26. The van der Waals surface area contributed by atoms with E-state index in [1.54, 1.807) is 48.6 Å². The normalized spacial score (nSPS) is 19.9. The van der Waals surface area contributed by atoms with E-state index in [1.807, 2.05) is 6.07 Å². The zero-order chi connectivity index (χ0) is 17.8. The maximum atomic E-state index is 13.6. The second-order valence-electron chi connectivity index (χ2n) is 6.18. The lowest BCUT2D eigenvalue weighted by Gasteiger charge is -2.24. The number of aromatic nitrogens is 1. The quantitative estimate of drug-likeness (QED) is 0.906. The molecule has 0 radical (unpaired) electrons. The van der Waals surface area contributed by atoms with Gasteiger partial charge in [0.25, 0.3) is 0 Å². The first-order valence-electron chi connectivity index (χ1n) is 8.24. The van der Waals surface area contributed by atoms with E-state index in [0.29, 0.717) is 18.5 Å². The molecule has 0 bridgehead atoms. The Bertz CT molecular complexity index is 766. The van der Waals surface area contributed by atoms with Gasteiger partial charge in [-0.15, -0.1) is 0 Å². The Kier molecular flexibility index (Phi) is 5.07. The molecular formula is C19H20FN3O2. The summed E-state index contributed by atoms with van der Waals surface area (Å²) >= 11 is 0. The first-order chi connectivity index (χ1) is 12.1. The topological polar surface area (TPSA) is 62.3 Å². The van der Waals surface area contributed by atoms with Gasteiger partial charge in [0, 0.05) is 32.4 Å². The Balaban J connectivity index is 1.66. The molecule has 130 valence electrons. The number of rotatable bonds is 5. The van der Waals surface area contributed by atoms with E-state index in [9.17, 15) is 14.0 Å². The van der Waals surface area contributed by atoms with Crippen LogP contribution in [0.2, 0.25) is 0 Å². The van der Waals surface area contributed by atoms with Crippen LogP contribution in [0.1, 0.15) is 23.6 Å². The molecule has 25 heavy (non-hydrogen) atoms. The summed E-state index contributed by atoms with van der Waals surface area (Å²) < 4.78 is 13.6. The lowest BCUT2D eigenvalue weighted by atomic mass is 9.94. The first-order valence-corrected chi connectivity index (χ1v) is 8.24. The molecule has 2 amide bonds. The fraction of sp³-hybridized carbons (Fsp3) is 0.316. The fourth-order valence-corrected chi connectivity index (χ4v) is 3.26. The van der Waals surface area contributed by atoms with Gasteiger partial charge in [0.2, 0.25) is 11.8 Å². The minimum atomic E-state index is -0.470. The predicted molar refractivity (Wildman–Crippen MR) is 91.0 cm³/mol. The molecule has 0 spiro atoms. The highest BCUT2D eigenvalue weighted by molar-refractivity contribution is 5.90. The number of carbonyl (C=O) groups excluding carboxylic acids is 2. The predicted octanol–water partition coefficient (Wildman–Crippen LogP) is 2.10. The monoisotopic (exact) mass is 341 g/mol. The van der Waals surface area contributed by atoms with Gasteiger partial charge in [-0.2, -0.15) is 0 Å². The Morgan fingerprint density at radius 2 is 2.12 bits per heavy atom. The maximum Gasteiger partial charge on any atom is 0.226 e. The highest BCUT2D eigenvalue weighted by Crippen LogP contribution is 2.36. The molecule has 1 aromatic carbocycles. The summed E-state index contributed by atoms with van der Waals surface area (Å²) in [5.41, 5.74) is 1.40. The number of amides is 2. The maximum absolute atomic E-state index is 13.6. The van der Waals surface area contributed by atoms with Gasteiger partial charge in [0.1, 0.15) is 5.82 Å². The van der Waals surface area contributed by atoms with Crippen molar-refractivity contribution in [2.45, 2.75) is 18.9 Å². The molecule has 1 aromatic heterocycles. The number of likely N-dealkylation sites (tertiary alicyclic amines) is 1. The summed E-state index contributed by atoms with van der Waals surface area (Å²) in [5, 5.41) is 2.84. The first kappa shape index (κ1) is 17.1. The minimum Gasteiger partial charge on any atom is -0.355 e. The van der Waals surface area contributed by atoms with Crippen LogP contribution in [0.25, 0.3) is 0 Å². The van der Waals surface area contributed by atoms with Gasteiger partial charge in [-0.05, 0) is 29.7 Å². The Hall–Kier alpha value is -2.76. The van der Waals surface area contributed by atoms with Crippen molar-refractivity contribution in [3.05, 3.63) is 65.7 Å². The number of hydrogen-bond donors (Lipinski definition) is 1. The van der Waals surface area contributed by atoms with Crippen molar-refractivity contribution in [3.8, 4) is 0 Å². The summed E-state index contributed by atoms with van der Waals surface area (Å²) in [6.45, 7) is 0.327. The lowest BCUT2D eigenvalue weighted by molar-refractivity contribution is -0.128. The van der Waals surface area contributed by atoms with Gasteiger partial charge in [-0.1, -0.05) is 24.3 Å². The molecule has 2 aromatic rings. The molecule has 0 saturated carbocycles. The van der Waals surface area contributed by atoms with Crippen molar-refractivity contribution < 1.29 is 14.0 Å². The van der Waals surface area contributed by atoms with Crippen molar-refractivity contribution in [1.29, 1.82) is 0 Å².